The summed E-state index contributed by atoms with van der Waals surface area (Å²) in [7, 11) is 1.28. The van der Waals surface area contributed by atoms with Gasteiger partial charge in [-0.1, -0.05) is 12.1 Å². The molecule has 1 aromatic rings. The molecule has 6 heteroatoms. The van der Waals surface area contributed by atoms with Crippen LogP contribution < -0.4 is 5.73 Å². The lowest BCUT2D eigenvalue weighted by atomic mass is 10.1. The quantitative estimate of drug-likeness (QED) is 0.811. The Kier molecular flexibility index (Phi) is 4.26. The fourth-order valence-electron chi connectivity index (χ4n) is 2.57. The number of methoxy groups -OCH3 is 1. The molecular weight excluding hydrogens is 272 g/mol. The molecule has 0 bridgehead atoms. The van der Waals surface area contributed by atoms with Crippen molar-refractivity contribution in [1.29, 1.82) is 0 Å². The maximum absolute atomic E-state index is 12.4. The van der Waals surface area contributed by atoms with Gasteiger partial charge in [0.05, 0.1) is 7.11 Å². The molecule has 0 radical (unpaired) electrons. The number of carbonyl (C=O) groups is 3. The van der Waals surface area contributed by atoms with Crippen LogP contribution in [-0.2, 0) is 20.9 Å². The number of ether oxygens (including phenoxy) is 1. The standard InChI is InChI=1S/C15H18N2O4/c1-9-4-3-5-10-11(9)8-17(15(10)20)12(14(16)19)6-7-13(18)21-2/h3-5,12H,6-8H2,1-2H3,(H2,16,19)/t12-/m0/s1. The summed E-state index contributed by atoms with van der Waals surface area (Å²) in [5, 5.41) is 0. The van der Waals surface area contributed by atoms with E-state index in [-0.39, 0.29) is 18.7 Å². The van der Waals surface area contributed by atoms with Gasteiger partial charge in [-0.15, -0.1) is 0 Å². The number of hydrogen-bond acceptors (Lipinski definition) is 4. The first kappa shape index (κ1) is 15.0. The summed E-state index contributed by atoms with van der Waals surface area (Å²) in [6.07, 6.45) is 0.212. The molecule has 1 aliphatic heterocycles. The van der Waals surface area contributed by atoms with Gasteiger partial charge in [0.2, 0.25) is 5.91 Å². The number of carbonyl (C=O) groups excluding carboxylic acids is 3. The summed E-state index contributed by atoms with van der Waals surface area (Å²) in [4.78, 5) is 36.7. The van der Waals surface area contributed by atoms with Crippen LogP contribution >= 0.6 is 0 Å². The lowest BCUT2D eigenvalue weighted by Gasteiger charge is -2.24. The van der Waals surface area contributed by atoms with E-state index in [1.807, 2.05) is 19.1 Å². The third-order valence-electron chi connectivity index (χ3n) is 3.78. The Balaban J connectivity index is 2.20. The number of amides is 2. The van der Waals surface area contributed by atoms with Crippen LogP contribution in [0.5, 0.6) is 0 Å². The first-order valence-electron chi connectivity index (χ1n) is 6.71. The van der Waals surface area contributed by atoms with Crippen LogP contribution in [0.4, 0.5) is 0 Å². The van der Waals surface area contributed by atoms with Crippen molar-refractivity contribution in [3.05, 3.63) is 34.9 Å². The molecule has 112 valence electrons. The SMILES string of the molecule is COC(=O)CC[C@@H](C(N)=O)N1Cc2c(C)cccc2C1=O. The maximum Gasteiger partial charge on any atom is 0.305 e. The molecule has 1 heterocycles. The van der Waals surface area contributed by atoms with Gasteiger partial charge >= 0.3 is 5.97 Å². The van der Waals surface area contributed by atoms with Crippen molar-refractivity contribution in [3.8, 4) is 0 Å². The average Bonchev–Trinajstić information content (AvgIpc) is 2.78. The van der Waals surface area contributed by atoms with Crippen LogP contribution in [0.25, 0.3) is 0 Å². The van der Waals surface area contributed by atoms with E-state index in [1.165, 1.54) is 12.0 Å². The lowest BCUT2D eigenvalue weighted by Crippen LogP contribution is -2.45. The Morgan fingerprint density at radius 2 is 2.14 bits per heavy atom. The Bertz CT molecular complexity index is 597. The van der Waals surface area contributed by atoms with E-state index >= 15 is 0 Å². The predicted octanol–water partition coefficient (Wildman–Crippen LogP) is 0.758. The minimum atomic E-state index is -0.802. The van der Waals surface area contributed by atoms with E-state index in [1.54, 1.807) is 6.07 Å². The third-order valence-corrected chi connectivity index (χ3v) is 3.78. The van der Waals surface area contributed by atoms with Crippen molar-refractivity contribution >= 4 is 17.8 Å². The number of nitrogens with zero attached hydrogens (tertiary/aromatic N) is 1. The summed E-state index contributed by atoms with van der Waals surface area (Å²) in [5.41, 5.74) is 7.90. The summed E-state index contributed by atoms with van der Waals surface area (Å²) < 4.78 is 4.56. The minimum absolute atomic E-state index is 0.0449. The molecule has 0 fully saturated rings. The Labute approximate surface area is 122 Å². The molecule has 21 heavy (non-hydrogen) atoms. The van der Waals surface area contributed by atoms with Crippen molar-refractivity contribution in [1.82, 2.24) is 4.90 Å². The second-order valence-corrected chi connectivity index (χ2v) is 5.07. The molecule has 2 rings (SSSR count). The zero-order valence-corrected chi connectivity index (χ0v) is 12.1. The van der Waals surface area contributed by atoms with Gasteiger partial charge in [-0.3, -0.25) is 14.4 Å². The summed E-state index contributed by atoms with van der Waals surface area (Å²) >= 11 is 0. The number of rotatable bonds is 5. The van der Waals surface area contributed by atoms with E-state index < -0.39 is 17.9 Å². The highest BCUT2D eigenvalue weighted by atomic mass is 16.5. The molecule has 2 amide bonds. The van der Waals surface area contributed by atoms with E-state index in [2.05, 4.69) is 4.74 Å². The predicted molar refractivity (Wildman–Crippen MR) is 75.3 cm³/mol. The number of esters is 1. The van der Waals surface area contributed by atoms with Crippen LogP contribution in [-0.4, -0.2) is 35.8 Å². The van der Waals surface area contributed by atoms with Crippen LogP contribution in [0.1, 0.15) is 34.3 Å². The van der Waals surface area contributed by atoms with Gasteiger partial charge in [-0.25, -0.2) is 0 Å². The van der Waals surface area contributed by atoms with E-state index in [9.17, 15) is 14.4 Å². The number of hydrogen-bond donors (Lipinski definition) is 1. The highest BCUT2D eigenvalue weighted by molar-refractivity contribution is 6.01. The van der Waals surface area contributed by atoms with Gasteiger partial charge in [-0.05, 0) is 30.5 Å². The maximum atomic E-state index is 12.4. The summed E-state index contributed by atoms with van der Waals surface area (Å²) in [6, 6.07) is 4.67. The Hall–Kier alpha value is -2.37. The normalized spacial score (nSPS) is 14.8. The minimum Gasteiger partial charge on any atom is -0.469 e. The zero-order chi connectivity index (χ0) is 15.6. The molecule has 0 aromatic heterocycles. The van der Waals surface area contributed by atoms with E-state index in [4.69, 9.17) is 5.73 Å². The molecule has 0 saturated heterocycles. The molecule has 2 N–H and O–H groups in total. The summed E-state index contributed by atoms with van der Waals surface area (Å²) in [6.45, 7) is 2.26. The van der Waals surface area contributed by atoms with Gasteiger partial charge < -0.3 is 15.4 Å². The van der Waals surface area contributed by atoms with Gasteiger partial charge in [-0.2, -0.15) is 0 Å². The van der Waals surface area contributed by atoms with Crippen LogP contribution in [0.15, 0.2) is 18.2 Å². The number of fused-ring (bicyclic) bond motifs is 1. The molecule has 0 spiro atoms. The molecule has 0 unspecified atom stereocenters. The Morgan fingerprint density at radius 3 is 2.71 bits per heavy atom. The third kappa shape index (κ3) is 2.89. The van der Waals surface area contributed by atoms with Crippen LogP contribution in [0.2, 0.25) is 0 Å². The topological polar surface area (TPSA) is 89.7 Å². The van der Waals surface area contributed by atoms with Crippen LogP contribution in [0.3, 0.4) is 0 Å². The van der Waals surface area contributed by atoms with Gasteiger partial charge in [0.15, 0.2) is 0 Å². The van der Waals surface area contributed by atoms with Crippen molar-refractivity contribution in [2.75, 3.05) is 7.11 Å². The highest BCUT2D eigenvalue weighted by Gasteiger charge is 2.36. The molecular formula is C15H18N2O4. The second kappa shape index (κ2) is 5.95. The summed E-state index contributed by atoms with van der Waals surface area (Å²) in [5.74, 6) is -1.26. The molecule has 0 saturated carbocycles. The van der Waals surface area contributed by atoms with Gasteiger partial charge in [0.25, 0.3) is 5.91 Å². The fourth-order valence-corrected chi connectivity index (χ4v) is 2.57. The number of nitrogens with two attached hydrogens (primary N) is 1. The molecule has 1 aromatic carbocycles. The zero-order valence-electron chi connectivity index (χ0n) is 12.1. The average molecular weight is 290 g/mol. The van der Waals surface area contributed by atoms with E-state index in [0.29, 0.717) is 12.1 Å². The van der Waals surface area contributed by atoms with Crippen molar-refractivity contribution in [3.63, 3.8) is 0 Å². The Morgan fingerprint density at radius 1 is 1.43 bits per heavy atom. The fraction of sp³-hybridized carbons (Fsp3) is 0.400. The number of primary amides is 1. The highest BCUT2D eigenvalue weighted by Crippen LogP contribution is 2.28. The van der Waals surface area contributed by atoms with Crippen LogP contribution in [0, 0.1) is 6.92 Å². The largest absolute Gasteiger partial charge is 0.469 e. The number of aryl methyl sites for hydroxylation is 1. The molecule has 6 nitrogen and oxygen atoms in total. The van der Waals surface area contributed by atoms with Crippen molar-refractivity contribution in [2.24, 2.45) is 5.73 Å². The van der Waals surface area contributed by atoms with Gasteiger partial charge in [0, 0.05) is 18.5 Å². The number of benzene rings is 1. The van der Waals surface area contributed by atoms with Crippen molar-refractivity contribution in [2.45, 2.75) is 32.4 Å². The first-order valence-corrected chi connectivity index (χ1v) is 6.71. The van der Waals surface area contributed by atoms with E-state index in [0.717, 1.165) is 11.1 Å². The molecule has 1 atom stereocenters. The van der Waals surface area contributed by atoms with Gasteiger partial charge in [0.1, 0.15) is 6.04 Å². The molecule has 0 aliphatic carbocycles. The van der Waals surface area contributed by atoms with Crippen molar-refractivity contribution < 1.29 is 19.1 Å². The lowest BCUT2D eigenvalue weighted by molar-refractivity contribution is -0.141. The molecule has 1 aliphatic rings. The first-order chi connectivity index (χ1) is 9.95. The smallest absolute Gasteiger partial charge is 0.305 e. The second-order valence-electron chi connectivity index (χ2n) is 5.07. The monoisotopic (exact) mass is 290 g/mol.